The fraction of sp³-hybridized carbons (Fsp3) is 0.125. The van der Waals surface area contributed by atoms with Crippen molar-refractivity contribution in [3.8, 4) is 11.3 Å². The van der Waals surface area contributed by atoms with Crippen LogP contribution in [0.25, 0.3) is 33.2 Å². The Balaban J connectivity index is 1.96. The summed E-state index contributed by atoms with van der Waals surface area (Å²) < 4.78 is 1.71. The SMILES string of the molecule is Cc1nnn(C)c1-c1cnc2c(c1)[nH]c1cc(C(=O)O)ccc12. The van der Waals surface area contributed by atoms with Crippen molar-refractivity contribution in [2.75, 3.05) is 0 Å². The normalized spacial score (nSPS) is 11.4. The van der Waals surface area contributed by atoms with Gasteiger partial charge in [-0.05, 0) is 31.2 Å². The molecule has 4 aromatic rings. The van der Waals surface area contributed by atoms with Gasteiger partial charge in [0, 0.05) is 29.7 Å². The van der Waals surface area contributed by atoms with Crippen LogP contribution in [0.3, 0.4) is 0 Å². The first kappa shape index (κ1) is 13.4. The van der Waals surface area contributed by atoms with Gasteiger partial charge < -0.3 is 10.1 Å². The number of pyridine rings is 1. The van der Waals surface area contributed by atoms with E-state index >= 15 is 0 Å². The zero-order valence-electron chi connectivity index (χ0n) is 12.5. The molecule has 0 spiro atoms. The number of aryl methyl sites for hydroxylation is 2. The van der Waals surface area contributed by atoms with Crippen LogP contribution in [0.1, 0.15) is 16.1 Å². The van der Waals surface area contributed by atoms with Crippen LogP contribution in [0.2, 0.25) is 0 Å². The molecule has 0 atom stereocenters. The van der Waals surface area contributed by atoms with Crippen molar-refractivity contribution in [3.05, 3.63) is 41.7 Å². The summed E-state index contributed by atoms with van der Waals surface area (Å²) in [6, 6.07) is 6.97. The van der Waals surface area contributed by atoms with E-state index in [1.807, 2.05) is 20.0 Å². The average molecular weight is 307 g/mol. The van der Waals surface area contributed by atoms with Crippen LogP contribution in [0.15, 0.2) is 30.5 Å². The van der Waals surface area contributed by atoms with E-state index in [0.29, 0.717) is 0 Å². The fourth-order valence-corrected chi connectivity index (χ4v) is 2.89. The van der Waals surface area contributed by atoms with Gasteiger partial charge in [0.15, 0.2) is 0 Å². The number of aromatic amines is 1. The number of fused-ring (bicyclic) bond motifs is 3. The number of benzene rings is 1. The standard InChI is InChI=1S/C16H13N5O2/c1-8-15(21(2)20-19-8)10-6-13-14(17-7-10)11-4-3-9(16(22)23)5-12(11)18-13/h3-7,18H,1-2H3,(H,22,23). The van der Waals surface area contributed by atoms with Gasteiger partial charge in [-0.1, -0.05) is 5.21 Å². The maximum atomic E-state index is 11.1. The second-order valence-electron chi connectivity index (χ2n) is 5.46. The van der Waals surface area contributed by atoms with Crippen molar-refractivity contribution in [2.24, 2.45) is 7.05 Å². The third kappa shape index (κ3) is 1.97. The quantitative estimate of drug-likeness (QED) is 0.593. The lowest BCUT2D eigenvalue weighted by Crippen LogP contribution is -1.95. The van der Waals surface area contributed by atoms with E-state index < -0.39 is 5.97 Å². The predicted octanol–water partition coefficient (Wildman–Crippen LogP) is 2.52. The summed E-state index contributed by atoms with van der Waals surface area (Å²) >= 11 is 0. The van der Waals surface area contributed by atoms with Crippen molar-refractivity contribution in [1.82, 2.24) is 25.0 Å². The maximum absolute atomic E-state index is 11.1. The number of nitrogens with one attached hydrogen (secondary N) is 1. The van der Waals surface area contributed by atoms with Crippen molar-refractivity contribution in [3.63, 3.8) is 0 Å². The third-order valence-electron chi connectivity index (χ3n) is 3.95. The molecule has 0 aliphatic heterocycles. The van der Waals surface area contributed by atoms with Gasteiger partial charge in [-0.25, -0.2) is 9.48 Å². The minimum absolute atomic E-state index is 0.246. The second kappa shape index (κ2) is 4.64. The summed E-state index contributed by atoms with van der Waals surface area (Å²) in [4.78, 5) is 18.9. The minimum Gasteiger partial charge on any atom is -0.478 e. The van der Waals surface area contributed by atoms with E-state index in [4.69, 9.17) is 5.11 Å². The van der Waals surface area contributed by atoms with Crippen molar-refractivity contribution >= 4 is 27.9 Å². The van der Waals surface area contributed by atoms with E-state index in [1.54, 1.807) is 29.1 Å². The summed E-state index contributed by atoms with van der Waals surface area (Å²) in [6.07, 6.45) is 1.78. The Morgan fingerprint density at radius 3 is 2.78 bits per heavy atom. The van der Waals surface area contributed by atoms with E-state index in [0.717, 1.165) is 38.9 Å². The van der Waals surface area contributed by atoms with Gasteiger partial charge in [0.2, 0.25) is 0 Å². The molecule has 0 unspecified atom stereocenters. The van der Waals surface area contributed by atoms with E-state index in [9.17, 15) is 4.79 Å². The number of nitrogens with zero attached hydrogens (tertiary/aromatic N) is 4. The lowest BCUT2D eigenvalue weighted by atomic mass is 10.1. The molecule has 0 amide bonds. The molecule has 7 heteroatoms. The molecular weight excluding hydrogens is 294 g/mol. The lowest BCUT2D eigenvalue weighted by Gasteiger charge is -2.02. The number of aromatic nitrogens is 5. The molecule has 0 saturated carbocycles. The Bertz CT molecular complexity index is 1060. The number of rotatable bonds is 2. The Labute approximate surface area is 130 Å². The summed E-state index contributed by atoms with van der Waals surface area (Å²) in [5.41, 5.74) is 5.31. The zero-order chi connectivity index (χ0) is 16.1. The summed E-state index contributed by atoms with van der Waals surface area (Å²) in [5.74, 6) is -0.948. The van der Waals surface area contributed by atoms with Gasteiger partial charge in [0.1, 0.15) is 0 Å². The van der Waals surface area contributed by atoms with E-state index in [2.05, 4.69) is 20.3 Å². The van der Waals surface area contributed by atoms with Gasteiger partial charge in [0.05, 0.1) is 28.0 Å². The molecule has 3 aromatic heterocycles. The Hall–Kier alpha value is -3.22. The fourth-order valence-electron chi connectivity index (χ4n) is 2.89. The van der Waals surface area contributed by atoms with Crippen molar-refractivity contribution in [2.45, 2.75) is 6.92 Å². The first-order valence-corrected chi connectivity index (χ1v) is 7.06. The van der Waals surface area contributed by atoms with Crippen LogP contribution in [-0.2, 0) is 7.05 Å². The van der Waals surface area contributed by atoms with Crippen LogP contribution in [-0.4, -0.2) is 36.0 Å². The number of hydrogen-bond donors (Lipinski definition) is 2. The van der Waals surface area contributed by atoms with E-state index in [1.165, 1.54) is 0 Å². The Morgan fingerprint density at radius 2 is 2.09 bits per heavy atom. The molecule has 0 aliphatic rings. The third-order valence-corrected chi connectivity index (χ3v) is 3.95. The van der Waals surface area contributed by atoms with Crippen molar-refractivity contribution in [1.29, 1.82) is 0 Å². The highest BCUT2D eigenvalue weighted by atomic mass is 16.4. The average Bonchev–Trinajstić information content (AvgIpc) is 3.05. The monoisotopic (exact) mass is 307 g/mol. The maximum Gasteiger partial charge on any atom is 0.335 e. The molecule has 1 aromatic carbocycles. The molecule has 0 fully saturated rings. The first-order valence-electron chi connectivity index (χ1n) is 7.06. The van der Waals surface area contributed by atoms with Gasteiger partial charge in [-0.3, -0.25) is 4.98 Å². The number of H-pyrrole nitrogens is 1. The molecule has 2 N–H and O–H groups in total. The predicted molar refractivity (Wildman–Crippen MR) is 85.3 cm³/mol. The molecule has 0 bridgehead atoms. The summed E-state index contributed by atoms with van der Waals surface area (Å²) in [6.45, 7) is 1.90. The molecule has 114 valence electrons. The molecule has 3 heterocycles. The highest BCUT2D eigenvalue weighted by molar-refractivity contribution is 6.07. The highest BCUT2D eigenvalue weighted by Crippen LogP contribution is 2.28. The van der Waals surface area contributed by atoms with Gasteiger partial charge in [0.25, 0.3) is 0 Å². The smallest absolute Gasteiger partial charge is 0.335 e. The molecule has 0 radical (unpaired) electrons. The van der Waals surface area contributed by atoms with Crippen LogP contribution < -0.4 is 0 Å². The number of aromatic carboxylic acids is 1. The van der Waals surface area contributed by atoms with Crippen LogP contribution in [0.5, 0.6) is 0 Å². The molecular formula is C16H13N5O2. The van der Waals surface area contributed by atoms with Crippen molar-refractivity contribution < 1.29 is 9.90 Å². The number of carboxylic acids is 1. The largest absolute Gasteiger partial charge is 0.478 e. The molecule has 0 aliphatic carbocycles. The van der Waals surface area contributed by atoms with Gasteiger partial charge in [-0.15, -0.1) is 5.10 Å². The number of carboxylic acid groups (broad SMARTS) is 1. The summed E-state index contributed by atoms with van der Waals surface area (Å²) in [5, 5.41) is 18.1. The van der Waals surface area contributed by atoms with E-state index in [-0.39, 0.29) is 5.56 Å². The molecule has 7 nitrogen and oxygen atoms in total. The number of carbonyl (C=O) groups is 1. The topological polar surface area (TPSA) is 96.7 Å². The Morgan fingerprint density at radius 1 is 1.26 bits per heavy atom. The highest BCUT2D eigenvalue weighted by Gasteiger charge is 2.13. The lowest BCUT2D eigenvalue weighted by molar-refractivity contribution is 0.0697. The second-order valence-corrected chi connectivity index (χ2v) is 5.46. The van der Waals surface area contributed by atoms with Gasteiger partial charge in [-0.2, -0.15) is 0 Å². The zero-order valence-corrected chi connectivity index (χ0v) is 12.5. The summed E-state index contributed by atoms with van der Waals surface area (Å²) in [7, 11) is 1.84. The van der Waals surface area contributed by atoms with Gasteiger partial charge >= 0.3 is 5.97 Å². The first-order chi connectivity index (χ1) is 11.0. The molecule has 4 rings (SSSR count). The van der Waals surface area contributed by atoms with Crippen LogP contribution in [0.4, 0.5) is 0 Å². The minimum atomic E-state index is -0.948. The number of hydrogen-bond acceptors (Lipinski definition) is 4. The van der Waals surface area contributed by atoms with Crippen LogP contribution >= 0.6 is 0 Å². The van der Waals surface area contributed by atoms with Crippen LogP contribution in [0, 0.1) is 6.92 Å². The molecule has 0 saturated heterocycles. The Kier molecular flexibility index (Phi) is 2.71. The molecule has 23 heavy (non-hydrogen) atoms.